The molecule has 0 bridgehead atoms. The van der Waals surface area contributed by atoms with E-state index < -0.39 is 0 Å². The van der Waals surface area contributed by atoms with Gasteiger partial charge in [0.1, 0.15) is 17.2 Å². The lowest BCUT2D eigenvalue weighted by Gasteiger charge is -2.19. The van der Waals surface area contributed by atoms with Gasteiger partial charge in [-0.1, -0.05) is 37.9 Å². The predicted molar refractivity (Wildman–Crippen MR) is 101 cm³/mol. The van der Waals surface area contributed by atoms with Crippen molar-refractivity contribution in [3.05, 3.63) is 10.4 Å². The topological polar surface area (TPSA) is 42.2 Å². The first-order valence-electron chi connectivity index (χ1n) is 8.64. The molecule has 1 atom stereocenters. The second kappa shape index (κ2) is 7.81. The van der Waals surface area contributed by atoms with Crippen molar-refractivity contribution >= 4 is 39.1 Å². The Labute approximate surface area is 147 Å². The maximum Gasteiger partial charge on any atom is 0.190 e. The lowest BCUT2D eigenvalue weighted by molar-refractivity contribution is -0.895. The monoisotopic (exact) mass is 351 g/mol. The third-order valence-corrected chi connectivity index (χ3v) is 6.16. The number of nitrogens with one attached hydrogen (secondary N) is 2. The molecule has 3 rings (SSSR count). The maximum absolute atomic E-state index is 4.78. The van der Waals surface area contributed by atoms with E-state index in [2.05, 4.69) is 25.5 Å². The maximum atomic E-state index is 4.78. The van der Waals surface area contributed by atoms with Gasteiger partial charge in [-0.15, -0.1) is 11.3 Å². The van der Waals surface area contributed by atoms with Crippen molar-refractivity contribution in [1.82, 2.24) is 9.97 Å². The van der Waals surface area contributed by atoms with Crippen LogP contribution in [0, 0.1) is 0 Å². The third kappa shape index (κ3) is 3.80. The number of thiophene rings is 1. The highest BCUT2D eigenvalue weighted by Gasteiger charge is 2.24. The van der Waals surface area contributed by atoms with Gasteiger partial charge in [0.05, 0.1) is 23.9 Å². The fourth-order valence-corrected chi connectivity index (χ4v) is 4.93. The zero-order valence-electron chi connectivity index (χ0n) is 14.4. The van der Waals surface area contributed by atoms with Gasteiger partial charge in [-0.05, 0) is 18.2 Å². The van der Waals surface area contributed by atoms with Gasteiger partial charge in [0.2, 0.25) is 0 Å². The first-order chi connectivity index (χ1) is 11.2. The molecule has 126 valence electrons. The highest BCUT2D eigenvalue weighted by molar-refractivity contribution is 7.98. The molecule has 0 fully saturated rings. The van der Waals surface area contributed by atoms with Gasteiger partial charge >= 0.3 is 0 Å². The van der Waals surface area contributed by atoms with Gasteiger partial charge in [-0.25, -0.2) is 9.97 Å². The molecule has 2 N–H and O–H groups in total. The van der Waals surface area contributed by atoms with E-state index in [-0.39, 0.29) is 0 Å². The summed E-state index contributed by atoms with van der Waals surface area (Å²) in [4.78, 5) is 13.8. The molecule has 6 heteroatoms. The van der Waals surface area contributed by atoms with Crippen LogP contribution < -0.4 is 10.2 Å². The van der Waals surface area contributed by atoms with E-state index in [0.717, 1.165) is 30.5 Å². The van der Waals surface area contributed by atoms with Gasteiger partial charge in [0, 0.05) is 13.0 Å². The summed E-state index contributed by atoms with van der Waals surface area (Å²) in [6.07, 6.45) is 8.31. The molecule has 0 aliphatic carbocycles. The van der Waals surface area contributed by atoms with Crippen LogP contribution in [-0.4, -0.2) is 36.4 Å². The average molecular weight is 352 g/mol. The Morgan fingerprint density at radius 2 is 2.13 bits per heavy atom. The molecule has 2 aromatic heterocycles. The molecule has 0 spiro atoms. The summed E-state index contributed by atoms with van der Waals surface area (Å²) in [5.41, 5.74) is 1.50. The minimum atomic E-state index is 0.882. The fourth-order valence-electron chi connectivity index (χ4n) is 3.17. The second-order valence-electron chi connectivity index (χ2n) is 6.36. The highest BCUT2D eigenvalue weighted by Crippen LogP contribution is 2.36. The smallest absolute Gasteiger partial charge is 0.190 e. The Bertz CT molecular complexity index is 668. The molecule has 1 unspecified atom stereocenters. The molecule has 3 heterocycles. The second-order valence-corrected chi connectivity index (χ2v) is 8.22. The zero-order valence-corrected chi connectivity index (χ0v) is 16.0. The number of fused-ring (bicyclic) bond motifs is 3. The number of likely N-dealkylation sites (N-methyl/N-ethyl adjacent to an activating group) is 1. The van der Waals surface area contributed by atoms with Crippen LogP contribution in [0.1, 0.15) is 43.0 Å². The number of anilines is 1. The standard InChI is InChI=1S/C17H26N4S2/c1-4-5-6-7-9-18-15-14-12-8-10-21(2)11-13(12)23-16(14)20-17(19-15)22-3/h4-11H2,1-3H3,(H,18,19,20)/p+1. The predicted octanol–water partition coefficient (Wildman–Crippen LogP) is 2.98. The van der Waals surface area contributed by atoms with Crippen LogP contribution in [0.2, 0.25) is 0 Å². The van der Waals surface area contributed by atoms with E-state index >= 15 is 0 Å². The third-order valence-electron chi connectivity index (χ3n) is 4.48. The Morgan fingerprint density at radius 3 is 2.91 bits per heavy atom. The van der Waals surface area contributed by atoms with E-state index in [1.165, 1.54) is 52.9 Å². The molecule has 0 saturated heterocycles. The summed E-state index contributed by atoms with van der Waals surface area (Å²) in [5.74, 6) is 1.06. The zero-order chi connectivity index (χ0) is 16.2. The van der Waals surface area contributed by atoms with Gasteiger partial charge < -0.3 is 10.2 Å². The SMILES string of the molecule is CCCCCCNc1nc(SC)nc2sc3c(c12)CC[NH+](C)C3. The Hall–Kier alpha value is -0.850. The van der Waals surface area contributed by atoms with E-state index in [9.17, 15) is 0 Å². The molecule has 4 nitrogen and oxygen atoms in total. The lowest BCUT2D eigenvalue weighted by Crippen LogP contribution is -3.08. The first kappa shape index (κ1) is 17.0. The molecule has 2 aromatic rings. The van der Waals surface area contributed by atoms with Crippen molar-refractivity contribution in [2.24, 2.45) is 0 Å². The van der Waals surface area contributed by atoms with Crippen molar-refractivity contribution in [3.63, 3.8) is 0 Å². The van der Waals surface area contributed by atoms with Gasteiger partial charge in [0.25, 0.3) is 0 Å². The lowest BCUT2D eigenvalue weighted by atomic mass is 10.1. The number of hydrogen-bond donors (Lipinski definition) is 2. The quantitative estimate of drug-likeness (QED) is 0.457. The van der Waals surface area contributed by atoms with Crippen molar-refractivity contribution in [3.8, 4) is 0 Å². The number of hydrogen-bond acceptors (Lipinski definition) is 5. The van der Waals surface area contributed by atoms with Crippen LogP contribution >= 0.6 is 23.1 Å². The van der Waals surface area contributed by atoms with Crippen LogP contribution in [0.3, 0.4) is 0 Å². The van der Waals surface area contributed by atoms with Gasteiger partial charge in [-0.3, -0.25) is 0 Å². The van der Waals surface area contributed by atoms with Crippen molar-refractivity contribution in [2.75, 3.05) is 31.7 Å². The average Bonchev–Trinajstić information content (AvgIpc) is 2.91. The molecule has 0 amide bonds. The summed E-state index contributed by atoms with van der Waals surface area (Å²) in [7, 11) is 2.28. The van der Waals surface area contributed by atoms with Crippen LogP contribution in [0.4, 0.5) is 5.82 Å². The minimum Gasteiger partial charge on any atom is -0.369 e. The number of quaternary nitrogens is 1. The summed E-state index contributed by atoms with van der Waals surface area (Å²) in [5, 5.41) is 5.78. The molecule has 0 saturated carbocycles. The number of nitrogens with zero attached hydrogens (tertiary/aromatic N) is 2. The Morgan fingerprint density at radius 1 is 1.26 bits per heavy atom. The largest absolute Gasteiger partial charge is 0.369 e. The molecule has 1 aliphatic heterocycles. The number of thioether (sulfide) groups is 1. The minimum absolute atomic E-state index is 0.882. The number of aromatic nitrogens is 2. The molecule has 1 aliphatic rings. The van der Waals surface area contributed by atoms with Crippen LogP contribution in [0.15, 0.2) is 5.16 Å². The summed E-state index contributed by atoms with van der Waals surface area (Å²) < 4.78 is 0. The van der Waals surface area contributed by atoms with E-state index in [0.29, 0.717) is 0 Å². The fraction of sp³-hybridized carbons (Fsp3) is 0.647. The van der Waals surface area contributed by atoms with Crippen LogP contribution in [0.5, 0.6) is 0 Å². The first-order valence-corrected chi connectivity index (χ1v) is 10.7. The van der Waals surface area contributed by atoms with Crippen molar-refractivity contribution in [1.29, 1.82) is 0 Å². The molecule has 23 heavy (non-hydrogen) atoms. The summed E-state index contributed by atoms with van der Waals surface area (Å²) >= 11 is 3.50. The normalized spacial score (nSPS) is 17.4. The Kier molecular flexibility index (Phi) is 5.77. The van der Waals surface area contributed by atoms with E-state index in [4.69, 9.17) is 9.97 Å². The van der Waals surface area contributed by atoms with Crippen LogP contribution in [-0.2, 0) is 13.0 Å². The van der Waals surface area contributed by atoms with Crippen molar-refractivity contribution in [2.45, 2.75) is 50.7 Å². The van der Waals surface area contributed by atoms with Crippen LogP contribution in [0.25, 0.3) is 10.2 Å². The molecular weight excluding hydrogens is 324 g/mol. The van der Waals surface area contributed by atoms with Gasteiger partial charge in [0.15, 0.2) is 5.16 Å². The van der Waals surface area contributed by atoms with Crippen molar-refractivity contribution < 1.29 is 4.90 Å². The summed E-state index contributed by atoms with van der Waals surface area (Å²) in [6, 6.07) is 0. The highest BCUT2D eigenvalue weighted by atomic mass is 32.2. The number of unbranched alkanes of at least 4 members (excludes halogenated alkanes) is 3. The summed E-state index contributed by atoms with van der Waals surface area (Å²) in [6.45, 7) is 5.60. The molecular formula is C17H27N4S2+. The van der Waals surface area contributed by atoms with E-state index in [1.807, 2.05) is 11.3 Å². The number of rotatable bonds is 7. The van der Waals surface area contributed by atoms with E-state index in [1.54, 1.807) is 16.7 Å². The molecule has 0 aromatic carbocycles. The molecule has 0 radical (unpaired) electrons. The Balaban J connectivity index is 1.88. The van der Waals surface area contributed by atoms with Gasteiger partial charge in [-0.2, -0.15) is 0 Å².